The fraction of sp³-hybridized carbons (Fsp3) is 0.0625. The molecule has 0 amide bonds. The first-order valence-corrected chi connectivity index (χ1v) is 6.76. The lowest BCUT2D eigenvalue weighted by atomic mass is 9.97. The number of carboxylic acids is 1. The molecule has 0 spiro atoms. The second-order valence-corrected chi connectivity index (χ2v) is 5.02. The Morgan fingerprint density at radius 1 is 1.00 bits per heavy atom. The second-order valence-electron chi connectivity index (χ2n) is 4.21. The Labute approximate surface area is 127 Å². The van der Waals surface area contributed by atoms with Gasteiger partial charge in [0.15, 0.2) is 0 Å². The number of benzene rings is 2. The Kier molecular flexibility index (Phi) is 4.83. The summed E-state index contributed by atoms with van der Waals surface area (Å²) in [5.74, 6) is -0.876. The third-order valence-corrected chi connectivity index (χ3v) is 3.54. The maximum Gasteiger partial charge on any atom is 0.307 e. The summed E-state index contributed by atoms with van der Waals surface area (Å²) >= 11 is 11.9. The summed E-state index contributed by atoms with van der Waals surface area (Å²) in [5, 5.41) is 9.78. The van der Waals surface area contributed by atoms with Gasteiger partial charge in [-0.1, -0.05) is 65.7 Å². The van der Waals surface area contributed by atoms with Crippen LogP contribution in [0.2, 0.25) is 10.0 Å². The van der Waals surface area contributed by atoms with Gasteiger partial charge in [0, 0.05) is 0 Å². The Hall–Kier alpha value is -1.77. The van der Waals surface area contributed by atoms with E-state index in [1.54, 1.807) is 18.2 Å². The van der Waals surface area contributed by atoms with Gasteiger partial charge in [0.2, 0.25) is 0 Å². The normalized spacial score (nSPS) is 11.4. The van der Waals surface area contributed by atoms with Gasteiger partial charge in [-0.15, -0.1) is 0 Å². The van der Waals surface area contributed by atoms with Crippen molar-refractivity contribution < 1.29 is 9.90 Å². The van der Waals surface area contributed by atoms with E-state index < -0.39 is 5.97 Å². The van der Waals surface area contributed by atoms with E-state index >= 15 is 0 Å². The van der Waals surface area contributed by atoms with Crippen LogP contribution in [0.5, 0.6) is 0 Å². The summed E-state index contributed by atoms with van der Waals surface area (Å²) in [5.41, 5.74) is 2.60. The van der Waals surface area contributed by atoms with Crippen LogP contribution in [0, 0.1) is 0 Å². The molecule has 0 radical (unpaired) electrons. The largest absolute Gasteiger partial charge is 0.481 e. The molecule has 102 valence electrons. The van der Waals surface area contributed by atoms with E-state index in [1.807, 2.05) is 36.4 Å². The molecule has 2 nitrogen and oxygen atoms in total. The van der Waals surface area contributed by atoms with Crippen molar-refractivity contribution in [3.05, 3.63) is 75.8 Å². The van der Waals surface area contributed by atoms with Crippen LogP contribution in [0.1, 0.15) is 17.5 Å². The first-order valence-electron chi connectivity index (χ1n) is 6.00. The highest BCUT2D eigenvalue weighted by Crippen LogP contribution is 2.29. The predicted octanol–water partition coefficient (Wildman–Crippen LogP) is 4.90. The van der Waals surface area contributed by atoms with Gasteiger partial charge in [0.1, 0.15) is 0 Å². The van der Waals surface area contributed by atoms with Gasteiger partial charge in [0.25, 0.3) is 0 Å². The lowest BCUT2D eigenvalue weighted by molar-refractivity contribution is -0.135. The monoisotopic (exact) mass is 306 g/mol. The van der Waals surface area contributed by atoms with Crippen LogP contribution >= 0.6 is 23.2 Å². The first kappa shape index (κ1) is 14.6. The van der Waals surface area contributed by atoms with Crippen LogP contribution < -0.4 is 0 Å². The minimum atomic E-state index is -0.876. The van der Waals surface area contributed by atoms with Gasteiger partial charge in [-0.25, -0.2) is 0 Å². The zero-order valence-corrected chi connectivity index (χ0v) is 12.0. The lowest BCUT2D eigenvalue weighted by Crippen LogP contribution is -1.94. The molecule has 0 bridgehead atoms. The average Bonchev–Trinajstić information content (AvgIpc) is 2.44. The van der Waals surface area contributed by atoms with Crippen LogP contribution in [0.25, 0.3) is 5.57 Å². The highest BCUT2D eigenvalue weighted by molar-refractivity contribution is 6.42. The number of halogens is 2. The standard InChI is InChI=1S/C16H12Cl2O2/c17-14-8-6-12(10-15(14)18)13(7-9-16(19)20)11-4-2-1-3-5-11/h1-8,10H,9H2,(H,19,20). The van der Waals surface area contributed by atoms with Gasteiger partial charge < -0.3 is 5.11 Å². The van der Waals surface area contributed by atoms with Crippen molar-refractivity contribution in [2.45, 2.75) is 6.42 Å². The zero-order valence-electron chi connectivity index (χ0n) is 10.5. The molecule has 0 fully saturated rings. The molecule has 1 N–H and O–H groups in total. The average molecular weight is 307 g/mol. The van der Waals surface area contributed by atoms with Crippen molar-refractivity contribution in [3.8, 4) is 0 Å². The number of carbonyl (C=O) groups is 1. The lowest BCUT2D eigenvalue weighted by Gasteiger charge is -2.09. The summed E-state index contributed by atoms with van der Waals surface area (Å²) in [6, 6.07) is 14.8. The van der Waals surface area contributed by atoms with Crippen molar-refractivity contribution in [2.24, 2.45) is 0 Å². The highest BCUT2D eigenvalue weighted by Gasteiger charge is 2.08. The molecule has 4 heteroatoms. The molecule has 0 unspecified atom stereocenters. The molecule has 2 rings (SSSR count). The van der Waals surface area contributed by atoms with Crippen LogP contribution in [-0.4, -0.2) is 11.1 Å². The van der Waals surface area contributed by atoms with Crippen molar-refractivity contribution in [1.29, 1.82) is 0 Å². The fourth-order valence-corrected chi connectivity index (χ4v) is 2.17. The zero-order chi connectivity index (χ0) is 14.5. The molecule has 0 saturated heterocycles. The van der Waals surface area contributed by atoms with Gasteiger partial charge in [-0.2, -0.15) is 0 Å². The molecule has 0 saturated carbocycles. The first-order chi connectivity index (χ1) is 9.58. The van der Waals surface area contributed by atoms with Gasteiger partial charge in [-0.3, -0.25) is 4.79 Å². The van der Waals surface area contributed by atoms with Crippen molar-refractivity contribution in [3.63, 3.8) is 0 Å². The molecule has 2 aromatic carbocycles. The SMILES string of the molecule is O=C(O)CC=C(c1ccccc1)c1ccc(Cl)c(Cl)c1. The smallest absolute Gasteiger partial charge is 0.307 e. The van der Waals surface area contributed by atoms with Crippen LogP contribution in [-0.2, 0) is 4.79 Å². The number of carboxylic acid groups (broad SMARTS) is 1. The summed E-state index contributed by atoms with van der Waals surface area (Å²) in [7, 11) is 0. The quantitative estimate of drug-likeness (QED) is 0.872. The topological polar surface area (TPSA) is 37.3 Å². The van der Waals surface area contributed by atoms with E-state index in [0.29, 0.717) is 10.0 Å². The molecule has 0 aliphatic carbocycles. The molecule has 2 aromatic rings. The van der Waals surface area contributed by atoms with Crippen molar-refractivity contribution in [2.75, 3.05) is 0 Å². The Morgan fingerprint density at radius 2 is 1.70 bits per heavy atom. The number of aliphatic carboxylic acids is 1. The summed E-state index contributed by atoms with van der Waals surface area (Å²) < 4.78 is 0. The van der Waals surface area contributed by atoms with Crippen LogP contribution in [0.3, 0.4) is 0 Å². The molecule has 0 aliphatic rings. The fourth-order valence-electron chi connectivity index (χ4n) is 1.87. The number of hydrogen-bond acceptors (Lipinski definition) is 1. The Bertz CT molecular complexity index is 649. The van der Waals surface area contributed by atoms with E-state index in [-0.39, 0.29) is 6.42 Å². The molecule has 0 aromatic heterocycles. The van der Waals surface area contributed by atoms with Crippen LogP contribution in [0.15, 0.2) is 54.6 Å². The number of rotatable bonds is 4. The van der Waals surface area contributed by atoms with E-state index in [2.05, 4.69) is 0 Å². The molecular weight excluding hydrogens is 295 g/mol. The third kappa shape index (κ3) is 3.62. The minimum absolute atomic E-state index is 0.0511. The molecule has 0 atom stereocenters. The van der Waals surface area contributed by atoms with Crippen molar-refractivity contribution in [1.82, 2.24) is 0 Å². The minimum Gasteiger partial charge on any atom is -0.481 e. The summed E-state index contributed by atoms with van der Waals surface area (Å²) in [6.45, 7) is 0. The maximum atomic E-state index is 10.8. The predicted molar refractivity (Wildman–Crippen MR) is 82.2 cm³/mol. The van der Waals surface area contributed by atoms with Crippen molar-refractivity contribution >= 4 is 34.7 Å². The van der Waals surface area contributed by atoms with Gasteiger partial charge >= 0.3 is 5.97 Å². The highest BCUT2D eigenvalue weighted by atomic mass is 35.5. The van der Waals surface area contributed by atoms with E-state index in [4.69, 9.17) is 28.3 Å². The van der Waals surface area contributed by atoms with E-state index in [0.717, 1.165) is 16.7 Å². The maximum absolute atomic E-state index is 10.8. The summed E-state index contributed by atoms with van der Waals surface area (Å²) in [4.78, 5) is 10.8. The Morgan fingerprint density at radius 3 is 2.30 bits per heavy atom. The summed E-state index contributed by atoms with van der Waals surface area (Å²) in [6.07, 6.45) is 1.63. The second kappa shape index (κ2) is 6.60. The van der Waals surface area contributed by atoms with Gasteiger partial charge in [0.05, 0.1) is 16.5 Å². The van der Waals surface area contributed by atoms with E-state index in [9.17, 15) is 4.79 Å². The molecule has 0 heterocycles. The molecule has 0 aliphatic heterocycles. The van der Waals surface area contributed by atoms with Crippen LogP contribution in [0.4, 0.5) is 0 Å². The van der Waals surface area contributed by atoms with E-state index in [1.165, 1.54) is 0 Å². The third-order valence-electron chi connectivity index (χ3n) is 2.80. The molecule has 20 heavy (non-hydrogen) atoms. The Balaban J connectivity index is 2.48. The number of hydrogen-bond donors (Lipinski definition) is 1. The van der Waals surface area contributed by atoms with Gasteiger partial charge in [-0.05, 0) is 28.8 Å². The molecular formula is C16H12Cl2O2.